The zero-order valence-corrected chi connectivity index (χ0v) is 17.7. The van der Waals surface area contributed by atoms with Crippen molar-refractivity contribution in [3.8, 4) is 11.9 Å². The Labute approximate surface area is 173 Å². The Bertz CT molecular complexity index is 791. The molecule has 1 aromatic heterocycles. The molecule has 29 heavy (non-hydrogen) atoms. The number of hydrogen-bond acceptors (Lipinski definition) is 5. The summed E-state index contributed by atoms with van der Waals surface area (Å²) in [6, 6.07) is 4.91. The van der Waals surface area contributed by atoms with Gasteiger partial charge in [-0.2, -0.15) is 5.26 Å². The summed E-state index contributed by atoms with van der Waals surface area (Å²) in [5.41, 5.74) is 2.45. The van der Waals surface area contributed by atoms with Gasteiger partial charge in [0, 0.05) is 38.5 Å². The molecule has 3 aliphatic rings. The maximum absolute atomic E-state index is 12.4. The van der Waals surface area contributed by atoms with Gasteiger partial charge in [-0.1, -0.05) is 13.3 Å². The summed E-state index contributed by atoms with van der Waals surface area (Å²) in [6.45, 7) is 6.90. The van der Waals surface area contributed by atoms with E-state index in [1.807, 2.05) is 24.8 Å². The quantitative estimate of drug-likeness (QED) is 0.761. The van der Waals surface area contributed by atoms with Gasteiger partial charge in [-0.25, -0.2) is 4.98 Å². The van der Waals surface area contributed by atoms with E-state index >= 15 is 0 Å². The molecule has 6 heteroatoms. The molecule has 2 aliphatic heterocycles. The number of carbonyl (C=O) groups excluding carboxylic acids is 1. The largest absolute Gasteiger partial charge is 0.473 e. The van der Waals surface area contributed by atoms with Gasteiger partial charge in [0.1, 0.15) is 17.7 Å². The maximum Gasteiger partial charge on any atom is 0.232 e. The van der Waals surface area contributed by atoms with Gasteiger partial charge in [0.15, 0.2) is 0 Å². The summed E-state index contributed by atoms with van der Waals surface area (Å²) < 4.78 is 6.23. The number of pyridine rings is 1. The van der Waals surface area contributed by atoms with Gasteiger partial charge in [-0.05, 0) is 50.7 Å². The highest BCUT2D eigenvalue weighted by Crippen LogP contribution is 2.34. The summed E-state index contributed by atoms with van der Waals surface area (Å²) in [7, 11) is 0. The number of rotatable bonds is 5. The van der Waals surface area contributed by atoms with Gasteiger partial charge in [-0.15, -0.1) is 0 Å². The number of nitriles is 1. The molecule has 1 saturated carbocycles. The third kappa shape index (κ3) is 4.11. The van der Waals surface area contributed by atoms with Crippen molar-refractivity contribution in [2.75, 3.05) is 19.6 Å². The fraction of sp³-hybridized carbons (Fsp3) is 0.696. The van der Waals surface area contributed by atoms with E-state index in [4.69, 9.17) is 9.72 Å². The minimum Gasteiger partial charge on any atom is -0.473 e. The van der Waals surface area contributed by atoms with E-state index in [0.29, 0.717) is 24.4 Å². The zero-order chi connectivity index (χ0) is 20.4. The van der Waals surface area contributed by atoms with Crippen LogP contribution in [-0.4, -0.2) is 52.5 Å². The van der Waals surface area contributed by atoms with Gasteiger partial charge < -0.3 is 14.5 Å². The van der Waals surface area contributed by atoms with E-state index < -0.39 is 0 Å². The third-order valence-corrected chi connectivity index (χ3v) is 6.86. The summed E-state index contributed by atoms with van der Waals surface area (Å²) in [6.07, 6.45) is 8.31. The average molecular weight is 397 g/mol. The molecule has 0 spiro atoms. The lowest BCUT2D eigenvalue weighted by molar-refractivity contribution is -0.133. The molecule has 2 fully saturated rings. The number of amides is 1. The van der Waals surface area contributed by atoms with Crippen molar-refractivity contribution >= 4 is 5.91 Å². The molecule has 1 unspecified atom stereocenters. The molecule has 1 aliphatic carbocycles. The van der Waals surface area contributed by atoms with E-state index in [9.17, 15) is 10.1 Å². The van der Waals surface area contributed by atoms with Crippen LogP contribution in [0.3, 0.4) is 0 Å². The lowest BCUT2D eigenvalue weighted by Crippen LogP contribution is -2.47. The van der Waals surface area contributed by atoms with Gasteiger partial charge >= 0.3 is 0 Å². The number of aromatic nitrogens is 1. The number of hydrogen-bond donors (Lipinski definition) is 0. The van der Waals surface area contributed by atoms with Crippen molar-refractivity contribution in [2.24, 2.45) is 0 Å². The number of carbonyl (C=O) groups is 1. The topological polar surface area (TPSA) is 69.5 Å². The van der Waals surface area contributed by atoms with Crippen molar-refractivity contribution in [3.63, 3.8) is 0 Å². The molecule has 6 nitrogen and oxygen atoms in total. The SMILES string of the molecule is CCCC(=O)N1CCc2nc(OC3CCN(C4CCC4)CC3)c(C#N)cc2C1C. The van der Waals surface area contributed by atoms with Crippen LogP contribution in [0.1, 0.15) is 81.7 Å². The summed E-state index contributed by atoms with van der Waals surface area (Å²) in [4.78, 5) is 21.7. The highest BCUT2D eigenvalue weighted by molar-refractivity contribution is 5.77. The summed E-state index contributed by atoms with van der Waals surface area (Å²) in [5, 5.41) is 9.69. The standard InChI is InChI=1S/C23H32N4O2/c1-3-5-22(28)27-13-10-21-20(16(27)2)14-17(15-24)23(25-21)29-19-8-11-26(12-9-19)18-6-4-7-18/h14,16,18-19H,3-13H2,1-2H3. The Kier molecular flexibility index (Phi) is 6.05. The lowest BCUT2D eigenvalue weighted by atomic mass is 9.90. The van der Waals surface area contributed by atoms with Crippen LogP contribution in [-0.2, 0) is 11.2 Å². The third-order valence-electron chi connectivity index (χ3n) is 6.86. The Hall–Kier alpha value is -2.13. The molecular formula is C23H32N4O2. The second-order valence-electron chi connectivity index (χ2n) is 8.69. The highest BCUT2D eigenvalue weighted by Gasteiger charge is 2.32. The zero-order valence-electron chi connectivity index (χ0n) is 17.7. The average Bonchev–Trinajstić information content (AvgIpc) is 2.68. The minimum absolute atomic E-state index is 0.0443. The molecule has 0 aromatic carbocycles. The van der Waals surface area contributed by atoms with Crippen LogP contribution >= 0.6 is 0 Å². The number of fused-ring (bicyclic) bond motifs is 1. The highest BCUT2D eigenvalue weighted by atomic mass is 16.5. The molecule has 1 saturated heterocycles. The fourth-order valence-electron chi connectivity index (χ4n) is 4.83. The molecular weight excluding hydrogens is 364 g/mol. The Balaban J connectivity index is 1.46. The van der Waals surface area contributed by atoms with Gasteiger partial charge in [0.2, 0.25) is 11.8 Å². The van der Waals surface area contributed by atoms with Crippen molar-refractivity contribution in [2.45, 2.75) is 83.4 Å². The Morgan fingerprint density at radius 1 is 1.28 bits per heavy atom. The first-order valence-corrected chi connectivity index (χ1v) is 11.2. The molecule has 4 rings (SSSR count). The van der Waals surface area contributed by atoms with Gasteiger partial charge in [0.25, 0.3) is 0 Å². The number of ether oxygens (including phenoxy) is 1. The van der Waals surface area contributed by atoms with Crippen molar-refractivity contribution in [1.29, 1.82) is 5.26 Å². The number of piperidine rings is 1. The summed E-state index contributed by atoms with van der Waals surface area (Å²) in [5.74, 6) is 0.664. The van der Waals surface area contributed by atoms with E-state index in [0.717, 1.165) is 56.1 Å². The van der Waals surface area contributed by atoms with E-state index in [1.165, 1.54) is 19.3 Å². The van der Waals surface area contributed by atoms with Crippen LogP contribution in [0.5, 0.6) is 5.88 Å². The second-order valence-corrected chi connectivity index (χ2v) is 8.69. The Morgan fingerprint density at radius 3 is 2.66 bits per heavy atom. The van der Waals surface area contributed by atoms with Crippen LogP contribution in [0.15, 0.2) is 6.07 Å². The molecule has 156 valence electrons. The van der Waals surface area contributed by atoms with Crippen LogP contribution in [0, 0.1) is 11.3 Å². The smallest absolute Gasteiger partial charge is 0.232 e. The number of nitrogens with zero attached hydrogens (tertiary/aromatic N) is 4. The van der Waals surface area contributed by atoms with Crippen molar-refractivity contribution in [1.82, 2.24) is 14.8 Å². The normalized spacial score (nSPS) is 23.2. The molecule has 3 heterocycles. The minimum atomic E-state index is -0.0443. The maximum atomic E-state index is 12.4. The van der Waals surface area contributed by atoms with Gasteiger partial charge in [-0.3, -0.25) is 4.79 Å². The molecule has 1 atom stereocenters. The monoisotopic (exact) mass is 396 g/mol. The fourth-order valence-corrected chi connectivity index (χ4v) is 4.83. The predicted octanol–water partition coefficient (Wildman–Crippen LogP) is 3.59. The van der Waals surface area contributed by atoms with E-state index in [-0.39, 0.29) is 18.1 Å². The Morgan fingerprint density at radius 2 is 2.03 bits per heavy atom. The first kappa shape index (κ1) is 20.2. The lowest BCUT2D eigenvalue weighted by Gasteiger charge is -2.41. The first-order valence-electron chi connectivity index (χ1n) is 11.2. The predicted molar refractivity (Wildman–Crippen MR) is 111 cm³/mol. The molecule has 0 radical (unpaired) electrons. The van der Waals surface area contributed by atoms with Crippen LogP contribution < -0.4 is 4.74 Å². The molecule has 1 amide bonds. The van der Waals surface area contributed by atoms with Crippen molar-refractivity contribution in [3.05, 3.63) is 22.9 Å². The molecule has 0 N–H and O–H groups in total. The van der Waals surface area contributed by atoms with Crippen LogP contribution in [0.2, 0.25) is 0 Å². The second kappa shape index (κ2) is 8.71. The van der Waals surface area contributed by atoms with Gasteiger partial charge in [0.05, 0.1) is 11.7 Å². The van der Waals surface area contributed by atoms with Crippen LogP contribution in [0.25, 0.3) is 0 Å². The van der Waals surface area contributed by atoms with E-state index in [2.05, 4.69) is 11.0 Å². The first-order chi connectivity index (χ1) is 14.1. The summed E-state index contributed by atoms with van der Waals surface area (Å²) >= 11 is 0. The molecule has 1 aromatic rings. The van der Waals surface area contributed by atoms with E-state index in [1.54, 1.807) is 0 Å². The van der Waals surface area contributed by atoms with Crippen molar-refractivity contribution < 1.29 is 9.53 Å². The molecule has 0 bridgehead atoms. The number of likely N-dealkylation sites (tertiary alicyclic amines) is 1. The van der Waals surface area contributed by atoms with Crippen LogP contribution in [0.4, 0.5) is 0 Å².